The first-order valence-corrected chi connectivity index (χ1v) is 9.98. The summed E-state index contributed by atoms with van der Waals surface area (Å²) in [5.74, 6) is 0.184. The monoisotopic (exact) mass is 426 g/mol. The minimum Gasteiger partial charge on any atom is -0.493 e. The number of carbonyl (C=O) groups excluding carboxylic acids is 1. The molecule has 1 fully saturated rings. The van der Waals surface area contributed by atoms with Crippen LogP contribution in [0.2, 0.25) is 0 Å². The van der Waals surface area contributed by atoms with Crippen molar-refractivity contribution in [3.8, 4) is 23.1 Å². The Balaban J connectivity index is 1.61. The maximum Gasteiger partial charge on any atom is 0.248 e. The lowest BCUT2D eigenvalue weighted by Gasteiger charge is -2.23. The molecule has 4 rings (SSSR count). The van der Waals surface area contributed by atoms with Crippen LogP contribution in [0.3, 0.4) is 0 Å². The topological polar surface area (TPSA) is 109 Å². The Morgan fingerprint density at radius 3 is 2.68 bits per heavy atom. The lowest BCUT2D eigenvalue weighted by atomic mass is 9.99. The number of methoxy groups -OCH3 is 1. The first-order valence-electron chi connectivity index (χ1n) is 9.98. The van der Waals surface area contributed by atoms with Gasteiger partial charge in [0.15, 0.2) is 23.1 Å². The van der Waals surface area contributed by atoms with Gasteiger partial charge in [-0.1, -0.05) is 0 Å². The second-order valence-electron chi connectivity index (χ2n) is 7.31. The molecule has 3 aromatic rings. The second kappa shape index (κ2) is 9.13. The number of hydrogen-bond donors (Lipinski definition) is 2. The summed E-state index contributed by atoms with van der Waals surface area (Å²) in [5, 5.41) is 3.87. The fraction of sp³-hybridized carbons (Fsp3) is 0.318. The first kappa shape index (κ1) is 20.8. The summed E-state index contributed by atoms with van der Waals surface area (Å²) in [6, 6.07) is 7.21. The van der Waals surface area contributed by atoms with Crippen molar-refractivity contribution in [2.75, 3.05) is 26.8 Å². The molecule has 0 spiro atoms. The van der Waals surface area contributed by atoms with Gasteiger partial charge in [0.1, 0.15) is 6.33 Å². The molecule has 2 aromatic carbocycles. The SMILES string of the molecule is COc1cc2c(Oc3ccc(C(N)=O)cc3F)ncnc2cc1OCC1CCNCC1. The lowest BCUT2D eigenvalue weighted by Crippen LogP contribution is -2.30. The molecule has 0 unspecified atom stereocenters. The van der Waals surface area contributed by atoms with Gasteiger partial charge in [-0.05, 0) is 56.1 Å². The normalized spacial score (nSPS) is 14.4. The highest BCUT2D eigenvalue weighted by molar-refractivity contribution is 5.93. The van der Waals surface area contributed by atoms with E-state index in [4.69, 9.17) is 19.9 Å². The molecule has 31 heavy (non-hydrogen) atoms. The third kappa shape index (κ3) is 4.66. The summed E-state index contributed by atoms with van der Waals surface area (Å²) in [4.78, 5) is 19.6. The molecule has 162 valence electrons. The van der Waals surface area contributed by atoms with Gasteiger partial charge in [0.05, 0.1) is 24.6 Å². The quantitative estimate of drug-likeness (QED) is 0.598. The highest BCUT2D eigenvalue weighted by atomic mass is 19.1. The fourth-order valence-corrected chi connectivity index (χ4v) is 3.49. The maximum absolute atomic E-state index is 14.4. The van der Waals surface area contributed by atoms with Crippen molar-refractivity contribution in [2.24, 2.45) is 11.7 Å². The Morgan fingerprint density at radius 2 is 1.97 bits per heavy atom. The number of nitrogens with two attached hydrogens (primary N) is 1. The fourth-order valence-electron chi connectivity index (χ4n) is 3.49. The maximum atomic E-state index is 14.4. The number of nitrogens with one attached hydrogen (secondary N) is 1. The third-order valence-corrected chi connectivity index (χ3v) is 5.24. The Bertz CT molecular complexity index is 1100. The van der Waals surface area contributed by atoms with Crippen molar-refractivity contribution in [2.45, 2.75) is 12.8 Å². The van der Waals surface area contributed by atoms with E-state index in [9.17, 15) is 9.18 Å². The largest absolute Gasteiger partial charge is 0.493 e. The van der Waals surface area contributed by atoms with Gasteiger partial charge in [-0.25, -0.2) is 14.4 Å². The molecular formula is C22H23FN4O4. The van der Waals surface area contributed by atoms with Crippen LogP contribution in [0, 0.1) is 11.7 Å². The number of ether oxygens (including phenoxy) is 3. The number of amides is 1. The molecule has 1 aromatic heterocycles. The zero-order valence-corrected chi connectivity index (χ0v) is 17.1. The van der Waals surface area contributed by atoms with Gasteiger partial charge in [-0.2, -0.15) is 0 Å². The second-order valence-corrected chi connectivity index (χ2v) is 7.31. The predicted molar refractivity (Wildman–Crippen MR) is 112 cm³/mol. The minimum absolute atomic E-state index is 0.0506. The number of aromatic nitrogens is 2. The number of hydrogen-bond acceptors (Lipinski definition) is 7. The highest BCUT2D eigenvalue weighted by Gasteiger charge is 2.18. The van der Waals surface area contributed by atoms with Crippen LogP contribution in [0.5, 0.6) is 23.1 Å². The van der Waals surface area contributed by atoms with Gasteiger partial charge >= 0.3 is 0 Å². The molecule has 0 atom stereocenters. The van der Waals surface area contributed by atoms with E-state index in [1.807, 2.05) is 0 Å². The van der Waals surface area contributed by atoms with Crippen LogP contribution in [0.25, 0.3) is 10.9 Å². The number of carbonyl (C=O) groups is 1. The van der Waals surface area contributed by atoms with E-state index in [2.05, 4.69) is 15.3 Å². The van der Waals surface area contributed by atoms with Crippen molar-refractivity contribution in [3.05, 3.63) is 48.0 Å². The Kier molecular flexibility index (Phi) is 6.13. The van der Waals surface area contributed by atoms with Gasteiger partial charge in [0.2, 0.25) is 11.8 Å². The van der Waals surface area contributed by atoms with Crippen LogP contribution in [-0.2, 0) is 0 Å². The zero-order valence-electron chi connectivity index (χ0n) is 17.1. The number of fused-ring (bicyclic) bond motifs is 1. The molecule has 2 heterocycles. The number of piperidine rings is 1. The molecule has 1 aliphatic rings. The Hall–Kier alpha value is -3.46. The summed E-state index contributed by atoms with van der Waals surface area (Å²) in [7, 11) is 1.55. The average molecular weight is 426 g/mol. The zero-order chi connectivity index (χ0) is 21.8. The number of nitrogens with zero attached hydrogens (tertiary/aromatic N) is 2. The van der Waals surface area contributed by atoms with E-state index in [1.54, 1.807) is 19.2 Å². The molecule has 0 bridgehead atoms. The van der Waals surface area contributed by atoms with Crippen LogP contribution in [-0.4, -0.2) is 42.7 Å². The van der Waals surface area contributed by atoms with Gasteiger partial charge < -0.3 is 25.3 Å². The Labute approximate surface area is 178 Å². The van der Waals surface area contributed by atoms with Crippen molar-refractivity contribution >= 4 is 16.8 Å². The summed E-state index contributed by atoms with van der Waals surface area (Å²) < 4.78 is 31.5. The third-order valence-electron chi connectivity index (χ3n) is 5.24. The van der Waals surface area contributed by atoms with Gasteiger partial charge in [-0.15, -0.1) is 0 Å². The first-order chi connectivity index (χ1) is 15.0. The summed E-state index contributed by atoms with van der Waals surface area (Å²) in [6.07, 6.45) is 3.46. The summed E-state index contributed by atoms with van der Waals surface area (Å²) in [6.45, 7) is 2.58. The van der Waals surface area contributed by atoms with Crippen LogP contribution >= 0.6 is 0 Å². The molecule has 3 N–H and O–H groups in total. The molecule has 1 amide bonds. The number of rotatable bonds is 7. The van der Waals surface area contributed by atoms with E-state index in [0.29, 0.717) is 34.9 Å². The van der Waals surface area contributed by atoms with Crippen molar-refractivity contribution in [3.63, 3.8) is 0 Å². The Morgan fingerprint density at radius 1 is 1.16 bits per heavy atom. The van der Waals surface area contributed by atoms with E-state index in [-0.39, 0.29) is 17.2 Å². The van der Waals surface area contributed by atoms with E-state index in [0.717, 1.165) is 32.0 Å². The molecule has 0 saturated carbocycles. The van der Waals surface area contributed by atoms with Crippen LogP contribution in [0.1, 0.15) is 23.2 Å². The van der Waals surface area contributed by atoms with Crippen LogP contribution in [0.15, 0.2) is 36.7 Å². The molecular weight excluding hydrogens is 403 g/mol. The highest BCUT2D eigenvalue weighted by Crippen LogP contribution is 2.37. The molecule has 9 heteroatoms. The predicted octanol–water partition coefficient (Wildman–Crippen LogP) is 3.05. The summed E-state index contributed by atoms with van der Waals surface area (Å²) in [5.41, 5.74) is 5.80. The molecule has 0 aliphatic carbocycles. The van der Waals surface area contributed by atoms with Gasteiger partial charge in [0.25, 0.3) is 0 Å². The average Bonchev–Trinajstić information content (AvgIpc) is 2.79. The molecule has 8 nitrogen and oxygen atoms in total. The van der Waals surface area contributed by atoms with Crippen molar-refractivity contribution in [1.29, 1.82) is 0 Å². The smallest absolute Gasteiger partial charge is 0.248 e. The number of primary amides is 1. The lowest BCUT2D eigenvalue weighted by molar-refractivity contribution is 0.1000. The number of benzene rings is 2. The molecule has 0 radical (unpaired) electrons. The van der Waals surface area contributed by atoms with E-state index >= 15 is 0 Å². The summed E-state index contributed by atoms with van der Waals surface area (Å²) >= 11 is 0. The van der Waals surface area contributed by atoms with Gasteiger partial charge in [0, 0.05) is 11.6 Å². The minimum atomic E-state index is -0.725. The number of halogens is 1. The van der Waals surface area contributed by atoms with Crippen molar-refractivity contribution < 1.29 is 23.4 Å². The van der Waals surface area contributed by atoms with E-state index < -0.39 is 11.7 Å². The van der Waals surface area contributed by atoms with Crippen LogP contribution in [0.4, 0.5) is 4.39 Å². The molecule has 1 aliphatic heterocycles. The van der Waals surface area contributed by atoms with Gasteiger partial charge in [-0.3, -0.25) is 4.79 Å². The molecule has 1 saturated heterocycles. The van der Waals surface area contributed by atoms with E-state index in [1.165, 1.54) is 18.5 Å². The van der Waals surface area contributed by atoms with Crippen LogP contribution < -0.4 is 25.3 Å². The van der Waals surface area contributed by atoms with Crippen molar-refractivity contribution in [1.82, 2.24) is 15.3 Å². The standard InChI is InChI=1S/C22H23FN4O4/c1-29-19-9-15-17(10-20(19)30-11-13-4-6-25-7-5-13)26-12-27-22(15)31-18-3-2-14(21(24)28)8-16(18)23/h2-3,8-10,12-13,25H,4-7,11H2,1H3,(H2,24,28).